The van der Waals surface area contributed by atoms with E-state index >= 15 is 0 Å². The first-order valence-corrected chi connectivity index (χ1v) is 5.61. The van der Waals surface area contributed by atoms with Crippen LogP contribution < -0.4 is 16.8 Å². The van der Waals surface area contributed by atoms with Crippen LogP contribution in [0, 0.1) is 6.92 Å². The van der Waals surface area contributed by atoms with Crippen molar-refractivity contribution >= 4 is 5.91 Å². The lowest BCUT2D eigenvalue weighted by atomic mass is 10.2. The molecule has 0 fully saturated rings. The fourth-order valence-electron chi connectivity index (χ4n) is 1.55. The van der Waals surface area contributed by atoms with Crippen LogP contribution in [0.4, 0.5) is 0 Å². The van der Waals surface area contributed by atoms with Gasteiger partial charge in [0.1, 0.15) is 0 Å². The molecule has 0 saturated carbocycles. The van der Waals surface area contributed by atoms with E-state index in [2.05, 4.69) is 10.1 Å². The van der Waals surface area contributed by atoms with Crippen molar-refractivity contribution in [3.63, 3.8) is 0 Å². The fourth-order valence-corrected chi connectivity index (χ4v) is 1.55. The van der Waals surface area contributed by atoms with Crippen LogP contribution in [-0.4, -0.2) is 20.7 Å². The predicted octanol–water partition coefficient (Wildman–Crippen LogP) is -0.401. The third-order valence-electron chi connectivity index (χ3n) is 2.53. The van der Waals surface area contributed by atoms with E-state index in [1.54, 1.807) is 25.1 Å². The molecule has 2 rings (SSSR count). The highest BCUT2D eigenvalue weighted by Crippen LogP contribution is 2.01. The summed E-state index contributed by atoms with van der Waals surface area (Å²) < 4.78 is 1.32. The minimum atomic E-state index is -0.412. The lowest BCUT2D eigenvalue weighted by Gasteiger charge is -2.05. The summed E-state index contributed by atoms with van der Waals surface area (Å²) in [5.41, 5.74) is 3.56. The molecule has 0 aliphatic rings. The Bertz CT molecular complexity index is 648. The van der Waals surface area contributed by atoms with Gasteiger partial charge in [0.2, 0.25) is 0 Å². The zero-order chi connectivity index (χ0) is 13.8. The highest BCUT2D eigenvalue weighted by molar-refractivity contribution is 5.93. The molecular weight excluding hydrogens is 246 g/mol. The number of hydrazine groups is 1. The number of amides is 1. The van der Waals surface area contributed by atoms with Crippen molar-refractivity contribution in [1.29, 1.82) is 0 Å². The molecule has 19 heavy (non-hydrogen) atoms. The number of nitrogens with one attached hydrogen (secondary N) is 1. The van der Waals surface area contributed by atoms with E-state index in [0.717, 1.165) is 5.69 Å². The number of nitrogens with zero attached hydrogens (tertiary/aromatic N) is 3. The average Bonchev–Trinajstić information content (AvgIpc) is 2.43. The molecule has 2 heterocycles. The minimum absolute atomic E-state index is 0.198. The van der Waals surface area contributed by atoms with Gasteiger partial charge in [-0.2, -0.15) is 5.10 Å². The Labute approximate surface area is 109 Å². The molecule has 7 nitrogen and oxygen atoms in total. The molecule has 2 aromatic rings. The monoisotopic (exact) mass is 259 g/mol. The molecule has 0 aromatic carbocycles. The van der Waals surface area contributed by atoms with Crippen molar-refractivity contribution in [2.24, 2.45) is 5.84 Å². The van der Waals surface area contributed by atoms with Gasteiger partial charge in [-0.3, -0.25) is 20.0 Å². The smallest absolute Gasteiger partial charge is 0.267 e. The minimum Gasteiger partial charge on any atom is -0.290 e. The Morgan fingerprint density at radius 2 is 2.16 bits per heavy atom. The summed E-state index contributed by atoms with van der Waals surface area (Å²) >= 11 is 0. The molecule has 3 N–H and O–H groups in total. The second-order valence-electron chi connectivity index (χ2n) is 3.98. The lowest BCUT2D eigenvalue weighted by Crippen LogP contribution is -2.30. The third-order valence-corrected chi connectivity index (χ3v) is 2.53. The molecule has 0 saturated heterocycles. The van der Waals surface area contributed by atoms with Crippen LogP contribution in [0.25, 0.3) is 0 Å². The molecule has 0 aliphatic heterocycles. The second-order valence-corrected chi connectivity index (χ2v) is 3.98. The van der Waals surface area contributed by atoms with E-state index in [4.69, 9.17) is 5.84 Å². The van der Waals surface area contributed by atoms with Crippen LogP contribution in [0.15, 0.2) is 35.3 Å². The van der Waals surface area contributed by atoms with E-state index in [0.29, 0.717) is 11.3 Å². The number of nitrogen functional groups attached to an aromatic ring is 1. The molecule has 0 radical (unpaired) electrons. The van der Waals surface area contributed by atoms with Gasteiger partial charge in [-0.15, -0.1) is 0 Å². The van der Waals surface area contributed by atoms with Gasteiger partial charge in [0, 0.05) is 12.3 Å². The van der Waals surface area contributed by atoms with E-state index in [9.17, 15) is 9.59 Å². The Kier molecular flexibility index (Phi) is 3.67. The summed E-state index contributed by atoms with van der Waals surface area (Å²) in [6.45, 7) is 2.06. The lowest BCUT2D eigenvalue weighted by molar-refractivity contribution is 0.0953. The van der Waals surface area contributed by atoms with Gasteiger partial charge in [0.05, 0.1) is 23.5 Å². The normalized spacial score (nSPS) is 10.2. The van der Waals surface area contributed by atoms with Gasteiger partial charge in [-0.25, -0.2) is 10.5 Å². The van der Waals surface area contributed by atoms with E-state index in [1.165, 1.54) is 16.9 Å². The van der Waals surface area contributed by atoms with Crippen molar-refractivity contribution < 1.29 is 4.79 Å². The van der Waals surface area contributed by atoms with Crippen LogP contribution in [0.5, 0.6) is 0 Å². The molecule has 98 valence electrons. The van der Waals surface area contributed by atoms with Gasteiger partial charge in [0.25, 0.3) is 11.5 Å². The number of nitrogens with two attached hydrogens (primary N) is 1. The van der Waals surface area contributed by atoms with Crippen LogP contribution in [0.3, 0.4) is 0 Å². The van der Waals surface area contributed by atoms with Crippen molar-refractivity contribution in [2.45, 2.75) is 13.5 Å². The Morgan fingerprint density at radius 1 is 1.37 bits per heavy atom. The third kappa shape index (κ3) is 3.02. The summed E-state index contributed by atoms with van der Waals surface area (Å²) in [6.07, 6.45) is 1.40. The van der Waals surface area contributed by atoms with E-state index in [1.807, 2.05) is 5.43 Å². The summed E-state index contributed by atoms with van der Waals surface area (Å²) in [7, 11) is 0. The predicted molar refractivity (Wildman–Crippen MR) is 68.2 cm³/mol. The standard InChI is InChI=1S/C12H13N5O2/c1-8-2-5-11(18)17(16-8)7-10-4-3-9(6-14-10)12(19)15-13/h2-6H,7,13H2,1H3,(H,15,19). The number of hydrogen-bond donors (Lipinski definition) is 2. The number of rotatable bonds is 3. The van der Waals surface area contributed by atoms with E-state index in [-0.39, 0.29) is 12.1 Å². The largest absolute Gasteiger partial charge is 0.290 e. The Morgan fingerprint density at radius 3 is 2.79 bits per heavy atom. The molecule has 1 amide bonds. The number of carbonyl (C=O) groups is 1. The maximum Gasteiger partial charge on any atom is 0.267 e. The van der Waals surface area contributed by atoms with Gasteiger partial charge in [0.15, 0.2) is 0 Å². The molecule has 0 atom stereocenters. The maximum absolute atomic E-state index is 11.6. The summed E-state index contributed by atoms with van der Waals surface area (Å²) in [4.78, 5) is 26.9. The first-order chi connectivity index (χ1) is 9.10. The average molecular weight is 259 g/mol. The van der Waals surface area contributed by atoms with E-state index < -0.39 is 5.91 Å². The van der Waals surface area contributed by atoms with Gasteiger partial charge in [-0.05, 0) is 25.1 Å². The maximum atomic E-state index is 11.6. The summed E-state index contributed by atoms with van der Waals surface area (Å²) in [6, 6.07) is 6.35. The zero-order valence-electron chi connectivity index (χ0n) is 10.3. The molecule has 2 aromatic heterocycles. The molecule has 0 bridgehead atoms. The highest BCUT2D eigenvalue weighted by atomic mass is 16.2. The van der Waals surface area contributed by atoms with Crippen molar-refractivity contribution in [3.8, 4) is 0 Å². The zero-order valence-corrected chi connectivity index (χ0v) is 10.3. The molecule has 0 spiro atoms. The topological polar surface area (TPSA) is 103 Å². The van der Waals surface area contributed by atoms with Crippen LogP contribution in [0.1, 0.15) is 21.7 Å². The first kappa shape index (κ1) is 12.9. The van der Waals surface area contributed by atoms with Gasteiger partial charge < -0.3 is 0 Å². The van der Waals surface area contributed by atoms with Crippen molar-refractivity contribution in [1.82, 2.24) is 20.2 Å². The second kappa shape index (κ2) is 5.40. The number of aryl methyl sites for hydroxylation is 1. The van der Waals surface area contributed by atoms with Gasteiger partial charge in [-0.1, -0.05) is 0 Å². The van der Waals surface area contributed by atoms with Crippen LogP contribution in [-0.2, 0) is 6.54 Å². The SMILES string of the molecule is Cc1ccc(=O)n(Cc2ccc(C(=O)NN)cn2)n1. The number of aromatic nitrogens is 3. The molecule has 7 heteroatoms. The van der Waals surface area contributed by atoms with Crippen LogP contribution in [0.2, 0.25) is 0 Å². The van der Waals surface area contributed by atoms with Gasteiger partial charge >= 0.3 is 0 Å². The number of pyridine rings is 1. The summed E-state index contributed by atoms with van der Waals surface area (Å²) in [5.74, 6) is 4.61. The van der Waals surface area contributed by atoms with Crippen molar-refractivity contribution in [2.75, 3.05) is 0 Å². The Balaban J connectivity index is 2.22. The quantitative estimate of drug-likeness (QED) is 0.443. The Hall–Kier alpha value is -2.54. The molecule has 0 unspecified atom stereocenters. The fraction of sp³-hybridized carbons (Fsp3) is 0.167. The summed E-state index contributed by atoms with van der Waals surface area (Å²) in [5, 5.41) is 4.11. The number of carbonyl (C=O) groups excluding carboxylic acids is 1. The molecular formula is C12H13N5O2. The first-order valence-electron chi connectivity index (χ1n) is 5.61. The van der Waals surface area contributed by atoms with Crippen molar-refractivity contribution in [3.05, 3.63) is 57.8 Å². The van der Waals surface area contributed by atoms with Crippen LogP contribution >= 0.6 is 0 Å². The molecule has 0 aliphatic carbocycles. The highest BCUT2D eigenvalue weighted by Gasteiger charge is 2.05. The number of hydrogen-bond acceptors (Lipinski definition) is 5.